The molecule has 2 heterocycles. The van der Waals surface area contributed by atoms with Crippen LogP contribution in [0.3, 0.4) is 0 Å². The number of hydrogen-bond donors (Lipinski definition) is 0. The molecule has 3 rings (SSSR count). The van der Waals surface area contributed by atoms with Gasteiger partial charge in [-0.1, -0.05) is 23.2 Å². The predicted molar refractivity (Wildman–Crippen MR) is 88.5 cm³/mol. The van der Waals surface area contributed by atoms with E-state index in [4.69, 9.17) is 32.7 Å². The number of hydrogen-bond acceptors (Lipinski definition) is 3. The molecule has 114 valence electrons. The zero-order valence-electron chi connectivity index (χ0n) is 12.4. The molecule has 4 nitrogen and oxygen atoms in total. The van der Waals surface area contributed by atoms with Crippen LogP contribution < -0.4 is 9.47 Å². The average Bonchev–Trinajstić information content (AvgIpc) is 2.96. The zero-order valence-corrected chi connectivity index (χ0v) is 13.9. The van der Waals surface area contributed by atoms with Crippen LogP contribution in [0.1, 0.15) is 5.56 Å². The van der Waals surface area contributed by atoms with Gasteiger partial charge < -0.3 is 13.9 Å². The first-order chi connectivity index (χ1) is 10.5. The number of benzene rings is 1. The highest BCUT2D eigenvalue weighted by Gasteiger charge is 2.13. The number of aromatic nitrogens is 2. The fourth-order valence-corrected chi connectivity index (χ4v) is 2.77. The van der Waals surface area contributed by atoms with Crippen molar-refractivity contribution in [2.45, 2.75) is 6.92 Å². The van der Waals surface area contributed by atoms with Crippen molar-refractivity contribution in [1.29, 1.82) is 0 Å². The molecular formula is C16H14Cl2N2O2. The minimum atomic E-state index is 0.555. The smallest absolute Gasteiger partial charge is 0.161 e. The Bertz CT molecular complexity index is 859. The van der Waals surface area contributed by atoms with Crippen LogP contribution in [0.2, 0.25) is 10.0 Å². The molecule has 3 aromatic rings. The normalized spacial score (nSPS) is 11.0. The van der Waals surface area contributed by atoms with E-state index in [-0.39, 0.29) is 0 Å². The first-order valence-electron chi connectivity index (χ1n) is 6.61. The maximum absolute atomic E-state index is 6.33. The van der Waals surface area contributed by atoms with Gasteiger partial charge in [0, 0.05) is 18.0 Å². The Labute approximate surface area is 138 Å². The highest BCUT2D eigenvalue weighted by Crippen LogP contribution is 2.34. The van der Waals surface area contributed by atoms with Gasteiger partial charge in [0.1, 0.15) is 0 Å². The summed E-state index contributed by atoms with van der Waals surface area (Å²) < 4.78 is 12.4. The predicted octanol–water partition coefficient (Wildman–Crippen LogP) is 4.63. The van der Waals surface area contributed by atoms with Gasteiger partial charge in [0.25, 0.3) is 0 Å². The summed E-state index contributed by atoms with van der Waals surface area (Å²) in [5, 5.41) is 1.16. The monoisotopic (exact) mass is 336 g/mol. The summed E-state index contributed by atoms with van der Waals surface area (Å²) >= 11 is 12.5. The van der Waals surface area contributed by atoms with Crippen molar-refractivity contribution in [2.24, 2.45) is 0 Å². The van der Waals surface area contributed by atoms with Gasteiger partial charge in [0.15, 0.2) is 17.1 Å². The lowest BCUT2D eigenvalue weighted by molar-refractivity contribution is 0.355. The molecule has 0 spiro atoms. The number of methoxy groups -OCH3 is 2. The van der Waals surface area contributed by atoms with Crippen LogP contribution in [-0.4, -0.2) is 23.6 Å². The lowest BCUT2D eigenvalue weighted by atomic mass is 10.1. The summed E-state index contributed by atoms with van der Waals surface area (Å²) in [6.07, 6.45) is 3.68. The summed E-state index contributed by atoms with van der Waals surface area (Å²) in [5.74, 6) is 1.32. The van der Waals surface area contributed by atoms with Crippen molar-refractivity contribution >= 4 is 28.8 Å². The average molecular weight is 337 g/mol. The second-order valence-electron chi connectivity index (χ2n) is 4.84. The van der Waals surface area contributed by atoms with Gasteiger partial charge in [0.05, 0.1) is 30.0 Å². The molecule has 0 radical (unpaired) electrons. The molecule has 0 aliphatic heterocycles. The van der Waals surface area contributed by atoms with Crippen LogP contribution in [0, 0.1) is 6.92 Å². The fraction of sp³-hybridized carbons (Fsp3) is 0.188. The zero-order chi connectivity index (χ0) is 15.9. The number of pyridine rings is 1. The third-order valence-corrected chi connectivity index (χ3v) is 4.38. The Balaban J connectivity index is 2.17. The molecule has 2 aromatic heterocycles. The van der Waals surface area contributed by atoms with E-state index in [0.717, 1.165) is 16.8 Å². The van der Waals surface area contributed by atoms with E-state index in [1.54, 1.807) is 20.4 Å². The van der Waals surface area contributed by atoms with Gasteiger partial charge in [0.2, 0.25) is 0 Å². The first-order valence-corrected chi connectivity index (χ1v) is 7.36. The van der Waals surface area contributed by atoms with Crippen LogP contribution >= 0.6 is 23.2 Å². The summed E-state index contributed by atoms with van der Waals surface area (Å²) in [6.45, 7) is 1.87. The topological polar surface area (TPSA) is 35.8 Å². The van der Waals surface area contributed by atoms with E-state index in [0.29, 0.717) is 27.2 Å². The molecule has 1 aromatic carbocycles. The van der Waals surface area contributed by atoms with Crippen LogP contribution in [-0.2, 0) is 0 Å². The second kappa shape index (κ2) is 5.71. The number of fused-ring (bicyclic) bond motifs is 1. The Morgan fingerprint density at radius 1 is 1.05 bits per heavy atom. The minimum Gasteiger partial charge on any atom is -0.493 e. The Morgan fingerprint density at radius 2 is 1.77 bits per heavy atom. The first kappa shape index (κ1) is 15.0. The van der Waals surface area contributed by atoms with E-state index >= 15 is 0 Å². The van der Waals surface area contributed by atoms with Crippen molar-refractivity contribution < 1.29 is 9.47 Å². The molecule has 22 heavy (non-hydrogen) atoms. The number of ether oxygens (including phenoxy) is 2. The molecule has 6 heteroatoms. The van der Waals surface area contributed by atoms with Crippen LogP contribution in [0.4, 0.5) is 0 Å². The van der Waals surface area contributed by atoms with Gasteiger partial charge in [-0.2, -0.15) is 0 Å². The molecule has 0 saturated carbocycles. The molecule has 0 N–H and O–H groups in total. The standard InChI is InChI=1S/C16H14Cl2N2O2/c1-9-11(17)7-20-8-12(19-16(20)15(9)18)10-4-5-13(21-2)14(6-10)22-3/h4-8H,1-3H3. The van der Waals surface area contributed by atoms with E-state index in [1.807, 2.05) is 35.7 Å². The van der Waals surface area contributed by atoms with Crippen LogP contribution in [0.15, 0.2) is 30.6 Å². The van der Waals surface area contributed by atoms with Gasteiger partial charge in [-0.05, 0) is 30.7 Å². The van der Waals surface area contributed by atoms with E-state index in [2.05, 4.69) is 4.98 Å². The van der Waals surface area contributed by atoms with Crippen molar-refractivity contribution in [3.63, 3.8) is 0 Å². The van der Waals surface area contributed by atoms with Gasteiger partial charge >= 0.3 is 0 Å². The molecular weight excluding hydrogens is 323 g/mol. The summed E-state index contributed by atoms with van der Waals surface area (Å²) in [4.78, 5) is 4.59. The largest absolute Gasteiger partial charge is 0.493 e. The van der Waals surface area contributed by atoms with E-state index in [9.17, 15) is 0 Å². The number of nitrogens with zero attached hydrogens (tertiary/aromatic N) is 2. The number of imidazole rings is 1. The molecule has 0 unspecified atom stereocenters. The minimum absolute atomic E-state index is 0.555. The van der Waals surface area contributed by atoms with Gasteiger partial charge in [-0.25, -0.2) is 4.98 Å². The summed E-state index contributed by atoms with van der Waals surface area (Å²) in [7, 11) is 3.21. The third kappa shape index (κ3) is 2.38. The molecule has 0 aliphatic rings. The van der Waals surface area contributed by atoms with E-state index in [1.165, 1.54) is 0 Å². The Morgan fingerprint density at radius 3 is 2.45 bits per heavy atom. The number of halogens is 2. The molecule has 0 atom stereocenters. The van der Waals surface area contributed by atoms with E-state index < -0.39 is 0 Å². The maximum Gasteiger partial charge on any atom is 0.161 e. The van der Waals surface area contributed by atoms with Crippen molar-refractivity contribution in [3.8, 4) is 22.8 Å². The fourth-order valence-electron chi connectivity index (χ4n) is 2.28. The van der Waals surface area contributed by atoms with Crippen LogP contribution in [0.5, 0.6) is 11.5 Å². The highest BCUT2D eigenvalue weighted by atomic mass is 35.5. The lowest BCUT2D eigenvalue weighted by Gasteiger charge is -2.08. The van der Waals surface area contributed by atoms with Crippen molar-refractivity contribution in [2.75, 3.05) is 14.2 Å². The molecule has 0 amide bonds. The maximum atomic E-state index is 6.33. The van der Waals surface area contributed by atoms with Crippen molar-refractivity contribution in [1.82, 2.24) is 9.38 Å². The third-order valence-electron chi connectivity index (χ3n) is 3.55. The number of rotatable bonds is 3. The van der Waals surface area contributed by atoms with Gasteiger partial charge in [-0.3, -0.25) is 0 Å². The lowest BCUT2D eigenvalue weighted by Crippen LogP contribution is -1.90. The molecule has 0 fully saturated rings. The molecule has 0 aliphatic carbocycles. The molecule has 0 bridgehead atoms. The van der Waals surface area contributed by atoms with Crippen molar-refractivity contribution in [3.05, 3.63) is 46.2 Å². The second-order valence-corrected chi connectivity index (χ2v) is 5.63. The highest BCUT2D eigenvalue weighted by molar-refractivity contribution is 6.37. The van der Waals surface area contributed by atoms with Crippen LogP contribution in [0.25, 0.3) is 16.9 Å². The molecule has 0 saturated heterocycles. The Kier molecular flexibility index (Phi) is 3.89. The van der Waals surface area contributed by atoms with Gasteiger partial charge in [-0.15, -0.1) is 0 Å². The summed E-state index contributed by atoms with van der Waals surface area (Å²) in [5.41, 5.74) is 3.18. The summed E-state index contributed by atoms with van der Waals surface area (Å²) in [6, 6.07) is 5.65. The quantitative estimate of drug-likeness (QED) is 0.699. The Hall–Kier alpha value is -1.91. The SMILES string of the molecule is COc1ccc(-c2cn3cc(Cl)c(C)c(Cl)c3n2)cc1OC.